The summed E-state index contributed by atoms with van der Waals surface area (Å²) in [6.45, 7) is 2.80. The quantitative estimate of drug-likeness (QED) is 0.685. The van der Waals surface area contributed by atoms with Crippen molar-refractivity contribution in [1.82, 2.24) is 5.32 Å². The van der Waals surface area contributed by atoms with E-state index in [1.165, 1.54) is 32.8 Å². The second-order valence-corrected chi connectivity index (χ2v) is 4.02. The van der Waals surface area contributed by atoms with E-state index < -0.39 is 0 Å². The van der Waals surface area contributed by atoms with Gasteiger partial charge in [0, 0.05) is 12.6 Å². The number of hydrogen-bond donors (Lipinski definition) is 1. The van der Waals surface area contributed by atoms with Crippen molar-refractivity contribution in [2.45, 2.75) is 45.1 Å². The van der Waals surface area contributed by atoms with Gasteiger partial charge in [0.05, 0.1) is 13.0 Å². The van der Waals surface area contributed by atoms with Gasteiger partial charge < -0.3 is 10.1 Å². The van der Waals surface area contributed by atoms with Crippen molar-refractivity contribution < 1.29 is 9.53 Å². The highest BCUT2D eigenvalue weighted by Crippen LogP contribution is 2.18. The van der Waals surface area contributed by atoms with Crippen LogP contribution in [0.15, 0.2) is 0 Å². The molecule has 82 valence electrons. The molecule has 1 aliphatic carbocycles. The third-order valence-electron chi connectivity index (χ3n) is 3.04. The second kappa shape index (κ2) is 6.02. The molecule has 0 aromatic heterocycles. The molecule has 0 saturated heterocycles. The van der Waals surface area contributed by atoms with Crippen molar-refractivity contribution >= 4 is 5.97 Å². The van der Waals surface area contributed by atoms with Gasteiger partial charge in [0.15, 0.2) is 0 Å². The van der Waals surface area contributed by atoms with Gasteiger partial charge in [-0.2, -0.15) is 0 Å². The Hall–Kier alpha value is -0.570. The lowest BCUT2D eigenvalue weighted by atomic mass is 10.1. The first kappa shape index (κ1) is 11.5. The van der Waals surface area contributed by atoms with Crippen LogP contribution in [-0.2, 0) is 9.53 Å². The number of esters is 1. The lowest BCUT2D eigenvalue weighted by molar-refractivity contribution is -0.145. The predicted molar refractivity (Wildman–Crippen MR) is 56.1 cm³/mol. The van der Waals surface area contributed by atoms with Crippen LogP contribution >= 0.6 is 0 Å². The van der Waals surface area contributed by atoms with E-state index in [0.717, 1.165) is 13.0 Å². The summed E-state index contributed by atoms with van der Waals surface area (Å²) in [7, 11) is 1.46. The van der Waals surface area contributed by atoms with E-state index in [1.54, 1.807) is 0 Å². The zero-order valence-electron chi connectivity index (χ0n) is 9.21. The number of ether oxygens (including phenoxy) is 1. The first-order valence-corrected chi connectivity index (χ1v) is 5.59. The van der Waals surface area contributed by atoms with Gasteiger partial charge in [-0.1, -0.05) is 19.8 Å². The third kappa shape index (κ3) is 3.29. The maximum absolute atomic E-state index is 11.3. The lowest BCUT2D eigenvalue weighted by Gasteiger charge is -2.17. The molecule has 1 unspecified atom stereocenters. The van der Waals surface area contributed by atoms with Crippen molar-refractivity contribution in [3.8, 4) is 0 Å². The normalized spacial score (nSPS) is 19.6. The van der Waals surface area contributed by atoms with Gasteiger partial charge in [-0.05, 0) is 19.3 Å². The maximum Gasteiger partial charge on any atom is 0.309 e. The molecular weight excluding hydrogens is 178 g/mol. The lowest BCUT2D eigenvalue weighted by Crippen LogP contribution is -2.34. The molecule has 0 bridgehead atoms. The summed E-state index contributed by atoms with van der Waals surface area (Å²) < 4.78 is 4.74. The average Bonchev–Trinajstić information content (AvgIpc) is 2.71. The van der Waals surface area contributed by atoms with Crippen LogP contribution in [0.5, 0.6) is 0 Å². The van der Waals surface area contributed by atoms with E-state index in [4.69, 9.17) is 4.74 Å². The number of methoxy groups -OCH3 is 1. The summed E-state index contributed by atoms with van der Waals surface area (Å²) in [5, 5.41) is 3.45. The molecule has 0 heterocycles. The van der Waals surface area contributed by atoms with Crippen molar-refractivity contribution in [3.63, 3.8) is 0 Å². The van der Waals surface area contributed by atoms with Crippen molar-refractivity contribution in [2.24, 2.45) is 5.92 Å². The molecule has 1 N–H and O–H groups in total. The Morgan fingerprint density at radius 2 is 2.14 bits per heavy atom. The highest BCUT2D eigenvalue weighted by molar-refractivity contribution is 5.72. The van der Waals surface area contributed by atoms with Crippen LogP contribution in [-0.4, -0.2) is 25.7 Å². The monoisotopic (exact) mass is 199 g/mol. The molecular formula is C11H21NO2. The van der Waals surface area contributed by atoms with Crippen LogP contribution in [0.25, 0.3) is 0 Å². The van der Waals surface area contributed by atoms with E-state index >= 15 is 0 Å². The summed E-state index contributed by atoms with van der Waals surface area (Å²) in [6.07, 6.45) is 6.03. The van der Waals surface area contributed by atoms with E-state index in [0.29, 0.717) is 6.04 Å². The Morgan fingerprint density at radius 1 is 1.50 bits per heavy atom. The van der Waals surface area contributed by atoms with Crippen molar-refractivity contribution in [3.05, 3.63) is 0 Å². The zero-order chi connectivity index (χ0) is 10.4. The summed E-state index contributed by atoms with van der Waals surface area (Å²) in [5.41, 5.74) is 0. The summed E-state index contributed by atoms with van der Waals surface area (Å²) in [6, 6.07) is 0.633. The van der Waals surface area contributed by atoms with Crippen LogP contribution in [0.2, 0.25) is 0 Å². The minimum atomic E-state index is -0.0852. The van der Waals surface area contributed by atoms with Crippen molar-refractivity contribution in [1.29, 1.82) is 0 Å². The van der Waals surface area contributed by atoms with Gasteiger partial charge in [0.2, 0.25) is 0 Å². The predicted octanol–water partition coefficient (Wildman–Crippen LogP) is 1.72. The Morgan fingerprint density at radius 3 is 2.64 bits per heavy atom. The van der Waals surface area contributed by atoms with Crippen molar-refractivity contribution in [2.75, 3.05) is 13.7 Å². The van der Waals surface area contributed by atoms with Crippen LogP contribution in [0.3, 0.4) is 0 Å². The SMILES string of the molecule is CCC(CNC1CCCC1)C(=O)OC. The first-order chi connectivity index (χ1) is 6.77. The van der Waals surface area contributed by atoms with E-state index in [1.807, 2.05) is 6.92 Å². The molecule has 3 heteroatoms. The Balaban J connectivity index is 2.22. The fraction of sp³-hybridized carbons (Fsp3) is 0.909. The second-order valence-electron chi connectivity index (χ2n) is 4.02. The molecule has 0 spiro atoms. The topological polar surface area (TPSA) is 38.3 Å². The van der Waals surface area contributed by atoms with Gasteiger partial charge in [-0.3, -0.25) is 4.79 Å². The van der Waals surface area contributed by atoms with E-state index in [9.17, 15) is 4.79 Å². The van der Waals surface area contributed by atoms with Crippen LogP contribution in [0, 0.1) is 5.92 Å². The minimum Gasteiger partial charge on any atom is -0.469 e. The number of hydrogen-bond acceptors (Lipinski definition) is 3. The Bertz CT molecular complexity index is 176. The molecule has 0 aromatic carbocycles. The Labute approximate surface area is 86.2 Å². The molecule has 1 saturated carbocycles. The van der Waals surface area contributed by atoms with E-state index in [-0.39, 0.29) is 11.9 Å². The maximum atomic E-state index is 11.3. The standard InChI is InChI=1S/C11H21NO2/c1-3-9(11(13)14-2)8-12-10-6-4-5-7-10/h9-10,12H,3-8H2,1-2H3. The highest BCUT2D eigenvalue weighted by atomic mass is 16.5. The largest absolute Gasteiger partial charge is 0.469 e. The van der Waals surface area contributed by atoms with E-state index in [2.05, 4.69) is 5.32 Å². The Kier molecular flexibility index (Phi) is 4.94. The van der Waals surface area contributed by atoms with Gasteiger partial charge in [-0.15, -0.1) is 0 Å². The molecule has 0 aromatic rings. The minimum absolute atomic E-state index is 0.0283. The summed E-state index contributed by atoms with van der Waals surface area (Å²) in [4.78, 5) is 11.3. The number of carbonyl (C=O) groups is 1. The smallest absolute Gasteiger partial charge is 0.309 e. The number of rotatable bonds is 5. The number of carbonyl (C=O) groups excluding carboxylic acids is 1. The molecule has 0 radical (unpaired) electrons. The molecule has 1 fully saturated rings. The van der Waals surface area contributed by atoms with Gasteiger partial charge in [0.1, 0.15) is 0 Å². The van der Waals surface area contributed by atoms with Gasteiger partial charge in [0.25, 0.3) is 0 Å². The van der Waals surface area contributed by atoms with Crippen LogP contribution in [0.1, 0.15) is 39.0 Å². The van der Waals surface area contributed by atoms with Crippen LogP contribution < -0.4 is 5.32 Å². The average molecular weight is 199 g/mol. The highest BCUT2D eigenvalue weighted by Gasteiger charge is 2.20. The molecule has 3 nitrogen and oxygen atoms in total. The fourth-order valence-electron chi connectivity index (χ4n) is 2.00. The fourth-order valence-corrected chi connectivity index (χ4v) is 2.00. The van der Waals surface area contributed by atoms with Gasteiger partial charge in [-0.25, -0.2) is 0 Å². The third-order valence-corrected chi connectivity index (χ3v) is 3.04. The number of nitrogens with one attached hydrogen (secondary N) is 1. The zero-order valence-corrected chi connectivity index (χ0v) is 9.21. The van der Waals surface area contributed by atoms with Gasteiger partial charge >= 0.3 is 5.97 Å². The summed E-state index contributed by atoms with van der Waals surface area (Å²) >= 11 is 0. The first-order valence-electron chi connectivity index (χ1n) is 5.59. The molecule has 1 rings (SSSR count). The molecule has 0 aliphatic heterocycles. The molecule has 14 heavy (non-hydrogen) atoms. The molecule has 1 aliphatic rings. The summed E-state index contributed by atoms with van der Waals surface area (Å²) in [5.74, 6) is -0.0569. The van der Waals surface area contributed by atoms with Crippen LogP contribution in [0.4, 0.5) is 0 Å². The molecule has 1 atom stereocenters. The molecule has 0 amide bonds.